The Hall–Kier alpha value is -1.91. The normalized spacial score (nSPS) is 8.92. The Morgan fingerprint density at radius 2 is 1.46 bits per heavy atom. The molecule has 0 radical (unpaired) electrons. The fourth-order valence-electron chi connectivity index (χ4n) is 0.728. The maximum Gasteiger partial charge on any atom is 0.335 e. The molecule has 0 spiro atoms. The lowest BCUT2D eigenvalue weighted by molar-refractivity contribution is 0.0696. The van der Waals surface area contributed by atoms with Crippen molar-refractivity contribution in [1.82, 2.24) is 0 Å². The van der Waals surface area contributed by atoms with Gasteiger partial charge in [-0.15, -0.1) is 0 Å². The highest BCUT2D eigenvalue weighted by Gasteiger charge is 2.11. The van der Waals surface area contributed by atoms with Gasteiger partial charge in [-0.3, -0.25) is 0 Å². The Bertz CT molecular complexity index is 308. The molecule has 0 saturated carbocycles. The molecular formula is C8H10O5. The van der Waals surface area contributed by atoms with Crippen molar-refractivity contribution in [3.63, 3.8) is 0 Å². The number of aromatic carboxylic acids is 1. The molecule has 5 heteroatoms. The van der Waals surface area contributed by atoms with Crippen molar-refractivity contribution in [2.45, 2.75) is 7.43 Å². The van der Waals surface area contributed by atoms with E-state index < -0.39 is 23.2 Å². The fourth-order valence-corrected chi connectivity index (χ4v) is 0.728. The third kappa shape index (κ3) is 2.02. The van der Waals surface area contributed by atoms with Crippen LogP contribution < -0.4 is 0 Å². The monoisotopic (exact) mass is 186 g/mol. The maximum absolute atomic E-state index is 10.3. The molecule has 5 nitrogen and oxygen atoms in total. The largest absolute Gasteiger partial charge is 0.504 e. The molecule has 13 heavy (non-hydrogen) atoms. The van der Waals surface area contributed by atoms with Crippen molar-refractivity contribution >= 4 is 5.97 Å². The predicted octanol–water partition coefficient (Wildman–Crippen LogP) is 1.14. The van der Waals surface area contributed by atoms with E-state index >= 15 is 0 Å². The molecule has 0 unspecified atom stereocenters. The predicted molar refractivity (Wildman–Crippen MR) is 45.1 cm³/mol. The van der Waals surface area contributed by atoms with Gasteiger partial charge in [0, 0.05) is 0 Å². The van der Waals surface area contributed by atoms with Crippen LogP contribution in [0.4, 0.5) is 0 Å². The summed E-state index contributed by atoms with van der Waals surface area (Å²) in [6.45, 7) is 0. The summed E-state index contributed by atoms with van der Waals surface area (Å²) in [6, 6.07) is 1.69. The second-order valence-electron chi connectivity index (χ2n) is 2.17. The summed E-state index contributed by atoms with van der Waals surface area (Å²) in [7, 11) is 0. The summed E-state index contributed by atoms with van der Waals surface area (Å²) in [6.07, 6.45) is 0. The van der Waals surface area contributed by atoms with E-state index in [0.29, 0.717) is 0 Å². The van der Waals surface area contributed by atoms with Gasteiger partial charge in [0.05, 0.1) is 5.56 Å². The van der Waals surface area contributed by atoms with E-state index in [4.69, 9.17) is 20.4 Å². The molecule has 72 valence electrons. The summed E-state index contributed by atoms with van der Waals surface area (Å²) < 4.78 is 0. The van der Waals surface area contributed by atoms with Crippen LogP contribution in [-0.4, -0.2) is 26.4 Å². The number of carboxylic acids is 1. The van der Waals surface area contributed by atoms with E-state index in [1.165, 1.54) is 0 Å². The number of hydrogen-bond donors (Lipinski definition) is 4. The standard InChI is InChI=1S/C7H6O5.CH4/c8-4-1-3(7(11)12)2-5(9)6(4)10;/h1-2,8-10H,(H,11,12);1H4. The Kier molecular flexibility index (Phi) is 3.12. The average molecular weight is 186 g/mol. The van der Waals surface area contributed by atoms with Crippen LogP contribution in [-0.2, 0) is 0 Å². The number of carbonyl (C=O) groups is 1. The first-order valence-corrected chi connectivity index (χ1v) is 3.00. The van der Waals surface area contributed by atoms with Gasteiger partial charge in [0.15, 0.2) is 17.2 Å². The van der Waals surface area contributed by atoms with Crippen LogP contribution in [0.15, 0.2) is 12.1 Å². The molecular weight excluding hydrogens is 176 g/mol. The van der Waals surface area contributed by atoms with Crippen LogP contribution in [0.25, 0.3) is 0 Å². The van der Waals surface area contributed by atoms with Crippen molar-refractivity contribution in [1.29, 1.82) is 0 Å². The van der Waals surface area contributed by atoms with Gasteiger partial charge in [-0.2, -0.15) is 0 Å². The second-order valence-corrected chi connectivity index (χ2v) is 2.17. The Balaban J connectivity index is 0.00000144. The van der Waals surface area contributed by atoms with E-state index in [2.05, 4.69) is 0 Å². The molecule has 0 atom stereocenters. The molecule has 0 aliphatic rings. The lowest BCUT2D eigenvalue weighted by Gasteiger charge is -2.01. The topological polar surface area (TPSA) is 98.0 Å². The molecule has 0 saturated heterocycles. The second kappa shape index (κ2) is 3.66. The minimum Gasteiger partial charge on any atom is -0.504 e. The van der Waals surface area contributed by atoms with E-state index in [9.17, 15) is 4.79 Å². The molecule has 0 bridgehead atoms. The molecule has 0 aromatic heterocycles. The highest BCUT2D eigenvalue weighted by Crippen LogP contribution is 2.35. The highest BCUT2D eigenvalue weighted by molar-refractivity contribution is 5.89. The van der Waals surface area contributed by atoms with Gasteiger partial charge in [0.2, 0.25) is 0 Å². The number of aromatic hydroxyl groups is 3. The van der Waals surface area contributed by atoms with Crippen LogP contribution in [0, 0.1) is 0 Å². The summed E-state index contributed by atoms with van der Waals surface area (Å²) in [5, 5.41) is 35.0. The van der Waals surface area contributed by atoms with Crippen molar-refractivity contribution in [2.24, 2.45) is 0 Å². The molecule has 4 N–H and O–H groups in total. The van der Waals surface area contributed by atoms with Gasteiger partial charge < -0.3 is 20.4 Å². The fraction of sp³-hybridized carbons (Fsp3) is 0.125. The lowest BCUT2D eigenvalue weighted by atomic mass is 10.2. The molecule has 0 fully saturated rings. The smallest absolute Gasteiger partial charge is 0.335 e. The Labute approximate surface area is 74.5 Å². The van der Waals surface area contributed by atoms with Crippen LogP contribution in [0.1, 0.15) is 17.8 Å². The highest BCUT2D eigenvalue weighted by atomic mass is 16.4. The molecule has 1 rings (SSSR count). The number of phenols is 3. The Morgan fingerprint density at radius 3 is 1.77 bits per heavy atom. The molecule has 0 amide bonds. The lowest BCUT2D eigenvalue weighted by Crippen LogP contribution is -1.95. The number of phenolic OH excluding ortho intramolecular Hbond substituents is 3. The van der Waals surface area contributed by atoms with Gasteiger partial charge in [0.25, 0.3) is 0 Å². The van der Waals surface area contributed by atoms with Gasteiger partial charge >= 0.3 is 5.97 Å². The minimum atomic E-state index is -1.29. The zero-order valence-corrected chi connectivity index (χ0v) is 5.85. The Morgan fingerprint density at radius 1 is 1.08 bits per heavy atom. The minimum absolute atomic E-state index is 0. The average Bonchev–Trinajstić information content (AvgIpc) is 1.99. The first kappa shape index (κ1) is 11.1. The quantitative estimate of drug-likeness (QED) is 0.493. The van der Waals surface area contributed by atoms with Crippen molar-refractivity contribution < 1.29 is 25.2 Å². The van der Waals surface area contributed by atoms with Crippen molar-refractivity contribution in [2.75, 3.05) is 0 Å². The van der Waals surface area contributed by atoms with Crippen molar-refractivity contribution in [3.05, 3.63) is 17.7 Å². The van der Waals surface area contributed by atoms with Gasteiger partial charge in [-0.05, 0) is 12.1 Å². The molecule has 0 heterocycles. The maximum atomic E-state index is 10.3. The van der Waals surface area contributed by atoms with E-state index in [-0.39, 0.29) is 13.0 Å². The van der Waals surface area contributed by atoms with Crippen molar-refractivity contribution in [3.8, 4) is 17.2 Å². The summed E-state index contributed by atoms with van der Waals surface area (Å²) >= 11 is 0. The molecule has 1 aromatic rings. The number of benzene rings is 1. The van der Waals surface area contributed by atoms with Crippen LogP contribution in [0.5, 0.6) is 17.2 Å². The summed E-state index contributed by atoms with van der Waals surface area (Å²) in [4.78, 5) is 10.3. The van der Waals surface area contributed by atoms with E-state index in [1.807, 2.05) is 0 Å². The molecule has 0 aliphatic carbocycles. The summed E-state index contributed by atoms with van der Waals surface area (Å²) in [5.41, 5.74) is -0.289. The van der Waals surface area contributed by atoms with Gasteiger partial charge in [0.1, 0.15) is 0 Å². The van der Waals surface area contributed by atoms with Crippen LogP contribution in [0.3, 0.4) is 0 Å². The third-order valence-corrected chi connectivity index (χ3v) is 1.32. The zero-order chi connectivity index (χ0) is 9.30. The number of carboxylic acid groups (broad SMARTS) is 1. The van der Waals surface area contributed by atoms with Crippen LogP contribution in [0.2, 0.25) is 0 Å². The third-order valence-electron chi connectivity index (χ3n) is 1.32. The number of hydrogen-bond acceptors (Lipinski definition) is 4. The first-order valence-electron chi connectivity index (χ1n) is 3.00. The molecule has 0 aliphatic heterocycles. The van der Waals surface area contributed by atoms with E-state index in [0.717, 1.165) is 12.1 Å². The van der Waals surface area contributed by atoms with Crippen LogP contribution >= 0.6 is 0 Å². The first-order chi connectivity index (χ1) is 5.52. The van der Waals surface area contributed by atoms with Gasteiger partial charge in [-0.25, -0.2) is 4.79 Å². The zero-order valence-electron chi connectivity index (χ0n) is 5.85. The molecule has 1 aromatic carbocycles. The SMILES string of the molecule is C.O=C(O)c1cc(O)c(O)c(O)c1. The van der Waals surface area contributed by atoms with Gasteiger partial charge in [-0.1, -0.05) is 7.43 Å². The summed E-state index contributed by atoms with van der Waals surface area (Å²) in [5.74, 6) is -3.33. The van der Waals surface area contributed by atoms with E-state index in [1.54, 1.807) is 0 Å². The number of rotatable bonds is 1.